The second-order valence-electron chi connectivity index (χ2n) is 9.32. The van der Waals surface area contributed by atoms with Gasteiger partial charge >= 0.3 is 7.12 Å². The zero-order valence-electron chi connectivity index (χ0n) is 15.6. The molecule has 1 unspecified atom stereocenters. The Bertz CT molecular complexity index is 915. The van der Waals surface area contributed by atoms with Gasteiger partial charge in [-0.1, -0.05) is 6.07 Å². The Morgan fingerprint density at radius 2 is 1.74 bits per heavy atom. The van der Waals surface area contributed by atoms with Crippen molar-refractivity contribution in [2.45, 2.75) is 57.2 Å². The highest BCUT2D eigenvalue weighted by Crippen LogP contribution is 2.69. The van der Waals surface area contributed by atoms with Gasteiger partial charge in [0.25, 0.3) is 0 Å². The Labute approximate surface area is 162 Å². The topological polar surface area (TPSA) is 71.8 Å². The Morgan fingerprint density at radius 1 is 1.07 bits per heavy atom. The van der Waals surface area contributed by atoms with E-state index in [4.69, 9.17) is 9.78 Å². The number of hydrogen-bond acceptors (Lipinski definition) is 6. The first-order valence-corrected chi connectivity index (χ1v) is 10.9. The third-order valence-corrected chi connectivity index (χ3v) is 8.82. The van der Waals surface area contributed by atoms with Crippen molar-refractivity contribution in [3.8, 4) is 0 Å². The molecule has 5 nitrogen and oxygen atoms in total. The minimum absolute atomic E-state index is 0.272. The highest BCUT2D eigenvalue weighted by Gasteiger charge is 2.73. The van der Waals surface area contributed by atoms with E-state index >= 15 is 0 Å². The van der Waals surface area contributed by atoms with E-state index in [0.29, 0.717) is 22.8 Å². The van der Waals surface area contributed by atoms with Crippen LogP contribution in [-0.4, -0.2) is 27.8 Å². The van der Waals surface area contributed by atoms with Gasteiger partial charge < -0.3 is 10.0 Å². The molecule has 1 atom stereocenters. The quantitative estimate of drug-likeness (QED) is 0.614. The van der Waals surface area contributed by atoms with E-state index in [-0.39, 0.29) is 5.60 Å². The normalized spacial score (nSPS) is 42.1. The lowest BCUT2D eigenvalue weighted by Crippen LogP contribution is -2.75. The summed E-state index contributed by atoms with van der Waals surface area (Å²) in [5.74, 6) is 2.78. The minimum Gasteiger partial charge on any atom is -0.423 e. The van der Waals surface area contributed by atoms with E-state index in [1.165, 1.54) is 32.1 Å². The molecule has 2 N–H and O–H groups in total. The Balaban J connectivity index is 1.50. The molecule has 2 aromatic rings. The number of aromatic nitrogens is 1. The molecule has 0 radical (unpaired) electrons. The summed E-state index contributed by atoms with van der Waals surface area (Å²) in [5.41, 5.74) is 1.30. The van der Waals surface area contributed by atoms with Crippen LogP contribution in [0.3, 0.4) is 0 Å². The maximum absolute atomic E-state index is 9.96. The molecule has 4 bridgehead atoms. The van der Waals surface area contributed by atoms with E-state index in [1.807, 2.05) is 13.0 Å². The standard InChI is InChI=1S/C20H24BNO4S/c1-10-22-18-16(21(23)24)8-13(9-17(18)27-10)19(2)20(26-25-19)14-4-11-3-12(6-14)7-15(20)5-11/h8-9,11-12,14-15,23-24H,3-7H2,1-2H3. The molecule has 7 heteroatoms. The fourth-order valence-corrected chi connectivity index (χ4v) is 7.88. The number of benzene rings is 1. The molecule has 1 aromatic carbocycles. The van der Waals surface area contributed by atoms with Crippen LogP contribution in [0.5, 0.6) is 0 Å². The minimum atomic E-state index is -1.55. The summed E-state index contributed by atoms with van der Waals surface area (Å²) in [7, 11) is -1.55. The van der Waals surface area contributed by atoms with Gasteiger partial charge in [-0.05, 0) is 81.3 Å². The average molecular weight is 385 g/mol. The van der Waals surface area contributed by atoms with E-state index in [2.05, 4.69) is 18.0 Å². The summed E-state index contributed by atoms with van der Waals surface area (Å²) in [6, 6.07) is 4.00. The highest BCUT2D eigenvalue weighted by molar-refractivity contribution is 7.18. The number of fused-ring (bicyclic) bond motifs is 1. The summed E-state index contributed by atoms with van der Waals surface area (Å²) in [4.78, 5) is 16.4. The van der Waals surface area contributed by atoms with Crippen molar-refractivity contribution in [1.29, 1.82) is 0 Å². The van der Waals surface area contributed by atoms with Crippen LogP contribution in [0.4, 0.5) is 0 Å². The molecule has 1 saturated heterocycles. The second-order valence-corrected chi connectivity index (χ2v) is 10.6. The van der Waals surface area contributed by atoms with Crippen LogP contribution in [0.2, 0.25) is 0 Å². The largest absolute Gasteiger partial charge is 0.490 e. The van der Waals surface area contributed by atoms with Gasteiger partial charge in [0, 0.05) is 5.46 Å². The Hall–Kier alpha value is -0.985. The van der Waals surface area contributed by atoms with Crippen LogP contribution in [0, 0.1) is 30.6 Å². The van der Waals surface area contributed by atoms with E-state index in [0.717, 1.165) is 27.1 Å². The van der Waals surface area contributed by atoms with Crippen LogP contribution in [0.15, 0.2) is 12.1 Å². The number of aryl methyl sites for hydroxylation is 1. The van der Waals surface area contributed by atoms with Gasteiger partial charge in [0.05, 0.1) is 15.2 Å². The predicted octanol–water partition coefficient (Wildman–Crippen LogP) is 2.66. The molecule has 1 aliphatic heterocycles. The lowest BCUT2D eigenvalue weighted by atomic mass is 9.45. The maximum Gasteiger partial charge on any atom is 0.490 e. The molecule has 5 aliphatic rings. The van der Waals surface area contributed by atoms with Crippen LogP contribution < -0.4 is 5.46 Å². The Kier molecular flexibility index (Phi) is 3.34. The lowest BCUT2D eigenvalue weighted by Gasteiger charge is -2.69. The molecule has 142 valence electrons. The first-order chi connectivity index (χ1) is 12.9. The average Bonchev–Trinajstić information content (AvgIpc) is 2.98. The SMILES string of the molecule is Cc1nc2c(B(O)O)cc(C3(C)OOC34C3CC5CC(C3)CC4C5)cc2s1. The van der Waals surface area contributed by atoms with Crippen molar-refractivity contribution in [2.24, 2.45) is 23.7 Å². The number of rotatable bonds is 2. The van der Waals surface area contributed by atoms with Gasteiger partial charge in [0.1, 0.15) is 5.60 Å². The predicted molar refractivity (Wildman–Crippen MR) is 103 cm³/mol. The van der Waals surface area contributed by atoms with Gasteiger partial charge in [0.15, 0.2) is 5.60 Å². The molecular weight excluding hydrogens is 361 g/mol. The third-order valence-electron chi connectivity index (χ3n) is 7.90. The number of nitrogens with zero attached hydrogens (tertiary/aromatic N) is 1. The first-order valence-electron chi connectivity index (χ1n) is 10.0. The number of hydrogen-bond donors (Lipinski definition) is 2. The second kappa shape index (κ2) is 5.33. The summed E-state index contributed by atoms with van der Waals surface area (Å²) < 4.78 is 0.976. The van der Waals surface area contributed by atoms with Gasteiger partial charge in [0.2, 0.25) is 0 Å². The summed E-state index contributed by atoms with van der Waals surface area (Å²) >= 11 is 1.58. The van der Waals surface area contributed by atoms with E-state index in [1.54, 1.807) is 11.3 Å². The lowest BCUT2D eigenvalue weighted by molar-refractivity contribution is -0.590. The molecule has 0 amide bonds. The monoisotopic (exact) mass is 385 g/mol. The Morgan fingerprint density at radius 3 is 2.30 bits per heavy atom. The third kappa shape index (κ3) is 2.02. The van der Waals surface area contributed by atoms with Crippen LogP contribution in [-0.2, 0) is 15.4 Å². The smallest absolute Gasteiger partial charge is 0.423 e. The van der Waals surface area contributed by atoms with Gasteiger partial charge in [-0.2, -0.15) is 0 Å². The van der Waals surface area contributed by atoms with E-state index < -0.39 is 12.7 Å². The van der Waals surface area contributed by atoms with Crippen molar-refractivity contribution >= 4 is 34.1 Å². The van der Waals surface area contributed by atoms with Gasteiger partial charge in [-0.25, -0.2) is 14.8 Å². The zero-order valence-corrected chi connectivity index (χ0v) is 16.5. The van der Waals surface area contributed by atoms with Gasteiger partial charge in [-0.15, -0.1) is 11.3 Å². The van der Waals surface area contributed by atoms with E-state index in [9.17, 15) is 10.0 Å². The fraction of sp³-hybridized carbons (Fsp3) is 0.650. The molecule has 1 aromatic heterocycles. The molecule has 5 fully saturated rings. The summed E-state index contributed by atoms with van der Waals surface area (Å²) in [5, 5.41) is 20.8. The van der Waals surface area contributed by atoms with Crippen molar-refractivity contribution in [3.63, 3.8) is 0 Å². The highest BCUT2D eigenvalue weighted by atomic mass is 32.1. The van der Waals surface area contributed by atoms with Crippen LogP contribution >= 0.6 is 11.3 Å². The molecule has 27 heavy (non-hydrogen) atoms. The maximum atomic E-state index is 9.96. The summed E-state index contributed by atoms with van der Waals surface area (Å²) in [6.07, 6.45) is 6.35. The van der Waals surface area contributed by atoms with Crippen LogP contribution in [0.1, 0.15) is 49.6 Å². The van der Waals surface area contributed by atoms with Crippen molar-refractivity contribution in [3.05, 3.63) is 22.7 Å². The summed E-state index contributed by atoms with van der Waals surface area (Å²) in [6.45, 7) is 4.09. The molecule has 2 heterocycles. The molecule has 1 spiro atoms. The molecular formula is C20H24BNO4S. The van der Waals surface area contributed by atoms with Gasteiger partial charge in [-0.3, -0.25) is 0 Å². The fourth-order valence-electron chi connectivity index (χ4n) is 6.97. The van der Waals surface area contributed by atoms with Crippen LogP contribution in [0.25, 0.3) is 10.2 Å². The van der Waals surface area contributed by atoms with Crippen molar-refractivity contribution < 1.29 is 19.8 Å². The molecule has 4 aliphatic carbocycles. The first kappa shape index (κ1) is 16.9. The van der Waals surface area contributed by atoms with Crippen molar-refractivity contribution in [1.82, 2.24) is 4.98 Å². The van der Waals surface area contributed by atoms with Crippen molar-refractivity contribution in [2.75, 3.05) is 0 Å². The molecule has 7 rings (SSSR count). The number of thiazole rings is 1. The molecule has 4 saturated carbocycles. The zero-order chi connectivity index (χ0) is 18.6.